The lowest BCUT2D eigenvalue weighted by Crippen LogP contribution is -2.49. The number of alkyl halides is 2. The molecule has 2 aromatic heterocycles. The lowest BCUT2D eigenvalue weighted by Gasteiger charge is -2.36. The summed E-state index contributed by atoms with van der Waals surface area (Å²) in [6, 6.07) is 12.8. The fourth-order valence-electron chi connectivity index (χ4n) is 5.68. The normalized spacial score (nSPS) is 22.0. The van der Waals surface area contributed by atoms with Crippen LogP contribution in [0.4, 0.5) is 14.6 Å². The predicted molar refractivity (Wildman–Crippen MR) is 211 cm³/mol. The molecule has 1 aliphatic heterocycles. The average molecular weight is 888 g/mol. The molecule has 5 rings (SSSR count). The summed E-state index contributed by atoms with van der Waals surface area (Å²) in [5.41, 5.74) is 3.13. The van der Waals surface area contributed by atoms with Crippen LogP contribution >= 0.6 is 27.1 Å². The van der Waals surface area contributed by atoms with Crippen molar-refractivity contribution >= 4 is 56.0 Å². The minimum Gasteiger partial charge on any atom is -0.462 e. The summed E-state index contributed by atoms with van der Waals surface area (Å²) in [4.78, 5) is 37.5. The molecule has 3 unspecified atom stereocenters. The van der Waals surface area contributed by atoms with E-state index in [1.165, 1.54) is 38.1 Å². The molecule has 59 heavy (non-hydrogen) atoms. The lowest BCUT2D eigenvalue weighted by molar-refractivity contribution is -0.151. The van der Waals surface area contributed by atoms with Gasteiger partial charge in [-0.15, -0.1) is 0 Å². The molecule has 0 aliphatic carbocycles. The van der Waals surface area contributed by atoms with Crippen molar-refractivity contribution in [3.63, 3.8) is 0 Å². The van der Waals surface area contributed by atoms with E-state index in [4.69, 9.17) is 49.6 Å². The highest BCUT2D eigenvalue weighted by Gasteiger charge is 2.69. The number of nitrogens with zero attached hydrogens (tertiary/aromatic N) is 4. The van der Waals surface area contributed by atoms with Gasteiger partial charge in [-0.05, 0) is 84.3 Å². The van der Waals surface area contributed by atoms with E-state index in [1.54, 1.807) is 64.1 Å². The smallest absolute Gasteiger partial charge is 0.459 e. The molecule has 4 aromatic rings. The molecular weight excluding hydrogens is 842 g/mol. The molecule has 18 nitrogen and oxygen atoms in total. The number of nitrogen functional groups attached to an aromatic ring is 1. The Labute approximate surface area is 343 Å². The van der Waals surface area contributed by atoms with Crippen LogP contribution in [0.3, 0.4) is 0 Å². The largest absolute Gasteiger partial charge is 0.462 e. The van der Waals surface area contributed by atoms with Crippen LogP contribution in [0.2, 0.25) is 5.28 Å². The summed E-state index contributed by atoms with van der Waals surface area (Å²) in [5, 5.41) is 4.62. The molecule has 0 bridgehead atoms. The van der Waals surface area contributed by atoms with E-state index in [2.05, 4.69) is 25.1 Å². The second kappa shape index (κ2) is 18.6. The number of ether oxygens (including phenoxy) is 3. The first-order valence-electron chi connectivity index (χ1n) is 18.3. The predicted octanol–water partition coefficient (Wildman–Crippen LogP) is 6.87. The van der Waals surface area contributed by atoms with Gasteiger partial charge in [-0.3, -0.25) is 23.2 Å². The second-order valence-corrected chi connectivity index (χ2v) is 18.0. The van der Waals surface area contributed by atoms with E-state index in [9.17, 15) is 18.7 Å². The van der Waals surface area contributed by atoms with Gasteiger partial charge in [0.05, 0.1) is 43.3 Å². The lowest BCUT2D eigenvalue weighted by atomic mass is 9.80. The molecule has 0 radical (unpaired) electrons. The number of imidazole rings is 1. The Morgan fingerprint density at radius 3 is 1.85 bits per heavy atom. The first kappa shape index (κ1) is 45.8. The quantitative estimate of drug-likeness (QED) is 0.0496. The van der Waals surface area contributed by atoms with E-state index in [0.717, 1.165) is 17.8 Å². The maximum absolute atomic E-state index is 17.3. The fraction of sp³-hybridized carbons (Fsp3) is 0.472. The SMILES string of the molecule is CC(C)OC(=O)[C@H](C)NP(=O)(OC[C@H]1O[C@@H](n2cnc3c(N)nc(Cl)nc32)C(F)(F)C1(C)COP(=O)(N[C@@H](C)C(=O)OC(C)C)Oc1ccccc1)Oc1ccccc1. The number of nitrogens with one attached hydrogen (secondary N) is 2. The third-order valence-electron chi connectivity index (χ3n) is 8.73. The standard InChI is InChI=1S/C36H46ClF2N7O11P2/c1-21(2)53-31(47)23(5)44-58(49,56-25-14-10-8-11-15-25)51-18-27-35(7,36(38,39)33(55-27)46-20-41-28-29(40)42-34(37)43-30(28)46)19-52-59(50,57-26-16-12-9-13-17-26)45-24(6)32(48)54-22(3)4/h8-17,20-24,27,33H,18-19H2,1-7H3,(H,44,49)(H,45,50)(H2,40,42,43)/t23-,24-,27+,33+,35?,58?,59?/m0/s1. The number of para-hydroxylation sites is 2. The van der Waals surface area contributed by atoms with Crippen molar-refractivity contribution in [2.24, 2.45) is 5.41 Å². The molecular formula is C36H46ClF2N7O11P2. The Balaban J connectivity index is 1.54. The molecule has 3 heterocycles. The van der Waals surface area contributed by atoms with Crippen LogP contribution in [0.1, 0.15) is 54.7 Å². The fourth-order valence-corrected chi connectivity index (χ4v) is 8.94. The summed E-state index contributed by atoms with van der Waals surface area (Å²) < 4.78 is 104. The molecule has 4 N–H and O–H groups in total. The van der Waals surface area contributed by atoms with E-state index in [1.807, 2.05) is 0 Å². The zero-order chi connectivity index (χ0) is 43.3. The van der Waals surface area contributed by atoms with Gasteiger partial charge in [0.2, 0.25) is 11.5 Å². The number of anilines is 1. The zero-order valence-corrected chi connectivity index (χ0v) is 35.7. The van der Waals surface area contributed by atoms with Gasteiger partial charge in [-0.1, -0.05) is 36.4 Å². The Morgan fingerprint density at radius 2 is 1.36 bits per heavy atom. The summed E-state index contributed by atoms with van der Waals surface area (Å²) in [6.07, 6.45) is -4.10. The van der Waals surface area contributed by atoms with Gasteiger partial charge in [-0.25, -0.2) is 22.9 Å². The van der Waals surface area contributed by atoms with Crippen molar-refractivity contribution in [1.29, 1.82) is 0 Å². The Kier molecular flexibility index (Phi) is 14.4. The van der Waals surface area contributed by atoms with Crippen LogP contribution in [-0.2, 0) is 42.0 Å². The molecule has 0 amide bonds. The first-order chi connectivity index (χ1) is 27.6. The minimum atomic E-state index is -4.74. The summed E-state index contributed by atoms with van der Waals surface area (Å²) in [7, 11) is -9.39. The van der Waals surface area contributed by atoms with Crippen LogP contribution in [0, 0.1) is 5.41 Å². The van der Waals surface area contributed by atoms with Gasteiger partial charge >= 0.3 is 33.4 Å². The topological polar surface area (TPSA) is 227 Å². The van der Waals surface area contributed by atoms with Crippen LogP contribution in [-0.4, -0.2) is 81.0 Å². The van der Waals surface area contributed by atoms with Crippen molar-refractivity contribution < 1.29 is 59.8 Å². The molecule has 322 valence electrons. The number of carbonyl (C=O) groups is 2. The van der Waals surface area contributed by atoms with Gasteiger partial charge in [-0.2, -0.15) is 20.1 Å². The number of esters is 2. The van der Waals surface area contributed by atoms with Crippen molar-refractivity contribution in [3.8, 4) is 11.5 Å². The zero-order valence-electron chi connectivity index (χ0n) is 33.1. The summed E-state index contributed by atoms with van der Waals surface area (Å²) in [5.74, 6) is -5.78. The molecule has 7 atom stereocenters. The third-order valence-corrected chi connectivity index (χ3v) is 12.2. The highest BCUT2D eigenvalue weighted by Crippen LogP contribution is 2.59. The van der Waals surface area contributed by atoms with Crippen molar-refractivity contribution in [1.82, 2.24) is 29.7 Å². The highest BCUT2D eigenvalue weighted by molar-refractivity contribution is 7.52. The molecule has 0 saturated carbocycles. The number of hydrogen-bond acceptors (Lipinski definition) is 15. The number of fused-ring (bicyclic) bond motifs is 1. The molecule has 1 fully saturated rings. The maximum atomic E-state index is 17.3. The monoisotopic (exact) mass is 887 g/mol. The van der Waals surface area contributed by atoms with E-state index >= 15 is 8.78 Å². The first-order valence-corrected chi connectivity index (χ1v) is 21.8. The van der Waals surface area contributed by atoms with E-state index in [0.29, 0.717) is 0 Å². The number of carbonyl (C=O) groups excluding carboxylic acids is 2. The van der Waals surface area contributed by atoms with Gasteiger partial charge < -0.3 is 29.0 Å². The van der Waals surface area contributed by atoms with Gasteiger partial charge in [0, 0.05) is 0 Å². The number of rotatable bonds is 19. The summed E-state index contributed by atoms with van der Waals surface area (Å²) >= 11 is 6.05. The van der Waals surface area contributed by atoms with E-state index < -0.39 is 88.6 Å². The van der Waals surface area contributed by atoms with Crippen molar-refractivity contribution in [2.75, 3.05) is 18.9 Å². The van der Waals surface area contributed by atoms with Crippen LogP contribution in [0.5, 0.6) is 11.5 Å². The van der Waals surface area contributed by atoms with Gasteiger partial charge in [0.25, 0.3) is 0 Å². The number of benzene rings is 2. The minimum absolute atomic E-state index is 0.0133. The third kappa shape index (κ3) is 10.9. The van der Waals surface area contributed by atoms with Gasteiger partial charge in [0.1, 0.15) is 29.1 Å². The Bertz CT molecular complexity index is 2190. The van der Waals surface area contributed by atoms with Crippen LogP contribution in [0.25, 0.3) is 11.2 Å². The number of hydrogen-bond donors (Lipinski definition) is 3. The Morgan fingerprint density at radius 1 is 0.864 bits per heavy atom. The molecule has 1 saturated heterocycles. The van der Waals surface area contributed by atoms with E-state index in [-0.39, 0.29) is 33.8 Å². The molecule has 2 aromatic carbocycles. The number of nitrogens with two attached hydrogens (primary N) is 1. The number of aromatic nitrogens is 4. The summed E-state index contributed by atoms with van der Waals surface area (Å²) in [6.45, 7) is 8.17. The van der Waals surface area contributed by atoms with Crippen LogP contribution < -0.4 is 25.0 Å². The van der Waals surface area contributed by atoms with Crippen LogP contribution in [0.15, 0.2) is 67.0 Å². The maximum Gasteiger partial charge on any atom is 0.459 e. The second-order valence-electron chi connectivity index (χ2n) is 14.3. The average Bonchev–Trinajstić information content (AvgIpc) is 3.65. The number of halogens is 3. The highest BCUT2D eigenvalue weighted by atomic mass is 35.5. The van der Waals surface area contributed by atoms with Crippen molar-refractivity contribution in [2.45, 2.75) is 91.0 Å². The Hall–Kier alpha value is -4.26. The molecule has 0 spiro atoms. The van der Waals surface area contributed by atoms with Crippen molar-refractivity contribution in [3.05, 3.63) is 72.3 Å². The molecule has 23 heteroatoms. The molecule has 1 aliphatic rings. The van der Waals surface area contributed by atoms with Gasteiger partial charge in [0.15, 0.2) is 11.5 Å².